The number of aryl methyl sites for hydroxylation is 1. The molecule has 0 aliphatic carbocycles. The molecular weight excluding hydrogens is 306 g/mol. The summed E-state index contributed by atoms with van der Waals surface area (Å²) in [7, 11) is 0. The number of anilines is 1. The molecule has 0 bridgehead atoms. The van der Waals surface area contributed by atoms with Gasteiger partial charge in [0, 0.05) is 5.56 Å². The van der Waals surface area contributed by atoms with E-state index >= 15 is 0 Å². The van der Waals surface area contributed by atoms with Gasteiger partial charge in [0.25, 0.3) is 11.8 Å². The molecule has 1 aliphatic heterocycles. The maximum absolute atomic E-state index is 12.9. The van der Waals surface area contributed by atoms with Crippen molar-refractivity contribution in [3.63, 3.8) is 0 Å². The van der Waals surface area contributed by atoms with E-state index in [-0.39, 0.29) is 6.61 Å². The molecule has 3 rings (SSSR count). The van der Waals surface area contributed by atoms with Crippen LogP contribution in [0.25, 0.3) is 0 Å². The van der Waals surface area contributed by atoms with Gasteiger partial charge in [0.15, 0.2) is 5.92 Å². The Morgan fingerprint density at radius 3 is 2.42 bits per heavy atom. The van der Waals surface area contributed by atoms with Crippen LogP contribution < -0.4 is 4.90 Å². The normalized spacial score (nSPS) is 16.8. The van der Waals surface area contributed by atoms with Gasteiger partial charge in [0.2, 0.25) is 0 Å². The Morgan fingerprint density at radius 1 is 1.08 bits per heavy atom. The van der Waals surface area contributed by atoms with E-state index < -0.39 is 23.7 Å². The van der Waals surface area contributed by atoms with E-state index in [2.05, 4.69) is 0 Å². The average molecular weight is 323 g/mol. The monoisotopic (exact) mass is 323 g/mol. The first-order chi connectivity index (χ1) is 11.5. The highest BCUT2D eigenvalue weighted by molar-refractivity contribution is 6.30. The van der Waals surface area contributed by atoms with Gasteiger partial charge >= 0.3 is 5.97 Å². The smallest absolute Gasteiger partial charge is 0.323 e. The molecule has 2 aromatic rings. The number of hydrogen-bond acceptors (Lipinski definition) is 4. The van der Waals surface area contributed by atoms with Crippen molar-refractivity contribution >= 4 is 23.5 Å². The lowest BCUT2D eigenvalue weighted by atomic mass is 9.88. The lowest BCUT2D eigenvalue weighted by Crippen LogP contribution is -2.47. The van der Waals surface area contributed by atoms with Gasteiger partial charge in [-0.1, -0.05) is 35.9 Å². The molecule has 0 spiro atoms. The van der Waals surface area contributed by atoms with Crippen molar-refractivity contribution in [1.29, 1.82) is 0 Å². The van der Waals surface area contributed by atoms with Crippen molar-refractivity contribution in [3.8, 4) is 0 Å². The van der Waals surface area contributed by atoms with Crippen molar-refractivity contribution < 1.29 is 19.1 Å². The number of esters is 1. The molecule has 0 fully saturated rings. The number of hydrogen-bond donors (Lipinski definition) is 0. The molecule has 1 heterocycles. The van der Waals surface area contributed by atoms with Gasteiger partial charge in [-0.05, 0) is 37.6 Å². The second kappa shape index (κ2) is 6.28. The van der Waals surface area contributed by atoms with Gasteiger partial charge < -0.3 is 4.74 Å². The number of nitrogens with zero attached hydrogens (tertiary/aromatic N) is 1. The van der Waals surface area contributed by atoms with E-state index in [4.69, 9.17) is 4.74 Å². The van der Waals surface area contributed by atoms with Crippen LogP contribution in [-0.2, 0) is 14.3 Å². The predicted molar refractivity (Wildman–Crippen MR) is 88.8 cm³/mol. The van der Waals surface area contributed by atoms with Gasteiger partial charge in [-0.2, -0.15) is 0 Å². The Morgan fingerprint density at radius 2 is 1.75 bits per heavy atom. The zero-order chi connectivity index (χ0) is 17.3. The number of ether oxygens (including phenoxy) is 1. The summed E-state index contributed by atoms with van der Waals surface area (Å²) in [4.78, 5) is 39.1. The van der Waals surface area contributed by atoms with Crippen molar-refractivity contribution in [3.05, 3.63) is 65.2 Å². The van der Waals surface area contributed by atoms with Crippen LogP contribution in [0.2, 0.25) is 0 Å². The number of carbonyl (C=O) groups is 3. The zero-order valence-electron chi connectivity index (χ0n) is 13.5. The van der Waals surface area contributed by atoms with E-state index in [1.807, 2.05) is 19.1 Å². The van der Waals surface area contributed by atoms with E-state index in [1.165, 1.54) is 0 Å². The van der Waals surface area contributed by atoms with Crippen LogP contribution in [0.3, 0.4) is 0 Å². The van der Waals surface area contributed by atoms with Crippen LogP contribution in [0.5, 0.6) is 0 Å². The number of amides is 2. The highest BCUT2D eigenvalue weighted by atomic mass is 16.5. The summed E-state index contributed by atoms with van der Waals surface area (Å²) in [6.07, 6.45) is 0. The fourth-order valence-corrected chi connectivity index (χ4v) is 2.82. The number of benzene rings is 2. The first-order valence-corrected chi connectivity index (χ1v) is 7.75. The Kier molecular flexibility index (Phi) is 4.16. The minimum Gasteiger partial charge on any atom is -0.465 e. The molecule has 1 atom stereocenters. The van der Waals surface area contributed by atoms with Gasteiger partial charge in [0.05, 0.1) is 12.3 Å². The maximum Gasteiger partial charge on any atom is 0.323 e. The highest BCUT2D eigenvalue weighted by Crippen LogP contribution is 2.33. The molecule has 1 unspecified atom stereocenters. The minimum absolute atomic E-state index is 0.170. The van der Waals surface area contributed by atoms with Crippen LogP contribution in [0.15, 0.2) is 48.5 Å². The van der Waals surface area contributed by atoms with E-state index in [1.54, 1.807) is 43.3 Å². The summed E-state index contributed by atoms with van der Waals surface area (Å²) in [5.74, 6) is -2.78. The fraction of sp³-hybridized carbons (Fsp3) is 0.211. The number of imide groups is 1. The summed E-state index contributed by atoms with van der Waals surface area (Å²) >= 11 is 0. The second-order valence-corrected chi connectivity index (χ2v) is 5.59. The van der Waals surface area contributed by atoms with Crippen molar-refractivity contribution in [1.82, 2.24) is 0 Å². The molecule has 2 aromatic carbocycles. The molecule has 0 N–H and O–H groups in total. The van der Waals surface area contributed by atoms with Gasteiger partial charge in [-0.15, -0.1) is 0 Å². The quantitative estimate of drug-likeness (QED) is 0.495. The molecule has 5 nitrogen and oxygen atoms in total. The van der Waals surface area contributed by atoms with Gasteiger partial charge in [-0.25, -0.2) is 4.90 Å². The number of rotatable bonds is 3. The van der Waals surface area contributed by atoms with Crippen LogP contribution in [0.1, 0.15) is 34.3 Å². The molecule has 2 amide bonds. The summed E-state index contributed by atoms with van der Waals surface area (Å²) in [5, 5.41) is 0. The Labute approximate surface area is 139 Å². The third-order valence-electron chi connectivity index (χ3n) is 3.99. The third-order valence-corrected chi connectivity index (χ3v) is 3.99. The second-order valence-electron chi connectivity index (χ2n) is 5.59. The largest absolute Gasteiger partial charge is 0.465 e. The molecule has 0 radical (unpaired) electrons. The summed E-state index contributed by atoms with van der Waals surface area (Å²) in [5.41, 5.74) is 2.20. The van der Waals surface area contributed by atoms with Crippen LogP contribution >= 0.6 is 0 Å². The van der Waals surface area contributed by atoms with Gasteiger partial charge in [0.1, 0.15) is 0 Å². The molecular formula is C19H17NO4. The van der Waals surface area contributed by atoms with Crippen molar-refractivity contribution in [2.45, 2.75) is 19.8 Å². The molecule has 0 saturated carbocycles. The number of fused-ring (bicyclic) bond motifs is 1. The van der Waals surface area contributed by atoms with Gasteiger partial charge in [-0.3, -0.25) is 14.4 Å². The molecule has 5 heteroatoms. The molecule has 122 valence electrons. The first-order valence-electron chi connectivity index (χ1n) is 7.75. The lowest BCUT2D eigenvalue weighted by molar-refractivity contribution is -0.147. The summed E-state index contributed by atoms with van der Waals surface area (Å²) < 4.78 is 5.05. The average Bonchev–Trinajstić information content (AvgIpc) is 2.57. The first kappa shape index (κ1) is 15.9. The lowest BCUT2D eigenvalue weighted by Gasteiger charge is -2.31. The topological polar surface area (TPSA) is 63.7 Å². The Hall–Kier alpha value is -2.95. The van der Waals surface area contributed by atoms with Crippen LogP contribution in [0, 0.1) is 6.92 Å². The zero-order valence-corrected chi connectivity index (χ0v) is 13.5. The Balaban J connectivity index is 2.13. The fourth-order valence-electron chi connectivity index (χ4n) is 2.82. The summed E-state index contributed by atoms with van der Waals surface area (Å²) in [6, 6.07) is 13.7. The molecule has 1 aliphatic rings. The van der Waals surface area contributed by atoms with E-state index in [0.717, 1.165) is 10.5 Å². The maximum atomic E-state index is 12.9. The standard InChI is InChI=1S/C19H17NO4/c1-3-24-19(23)16-14-6-4-5-7-15(14)17(21)20(18(16)22)13-10-8-12(2)9-11-13/h4-11,16H,3H2,1-2H3. The van der Waals surface area contributed by atoms with Crippen molar-refractivity contribution in [2.24, 2.45) is 0 Å². The molecule has 0 aromatic heterocycles. The number of carbonyl (C=O) groups excluding carboxylic acids is 3. The minimum atomic E-state index is -1.12. The van der Waals surface area contributed by atoms with E-state index in [0.29, 0.717) is 16.8 Å². The van der Waals surface area contributed by atoms with Crippen LogP contribution in [-0.4, -0.2) is 24.4 Å². The van der Waals surface area contributed by atoms with E-state index in [9.17, 15) is 14.4 Å². The highest BCUT2D eigenvalue weighted by Gasteiger charge is 2.44. The molecule has 0 saturated heterocycles. The predicted octanol–water partition coefficient (Wildman–Crippen LogP) is 2.83. The third kappa shape index (κ3) is 2.58. The molecule has 24 heavy (non-hydrogen) atoms. The van der Waals surface area contributed by atoms with Crippen LogP contribution in [0.4, 0.5) is 5.69 Å². The Bertz CT molecular complexity index is 810. The SMILES string of the molecule is CCOC(=O)C1C(=O)N(c2ccc(C)cc2)C(=O)c2ccccc21. The summed E-state index contributed by atoms with van der Waals surface area (Å²) in [6.45, 7) is 3.77. The van der Waals surface area contributed by atoms with Crippen molar-refractivity contribution in [2.75, 3.05) is 11.5 Å².